The summed E-state index contributed by atoms with van der Waals surface area (Å²) in [6.45, 7) is 0. The minimum Gasteiger partial charge on any atom is -0.497 e. The Kier molecular flexibility index (Phi) is 5.41. The fourth-order valence-electron chi connectivity index (χ4n) is 2.57. The SMILES string of the molecule is COc1ccc(CCC(=O)NC2CCC(O)CC2)cc1. The Bertz CT molecular complexity index is 422. The molecule has 1 saturated carbocycles. The molecule has 0 spiro atoms. The molecule has 0 atom stereocenters. The highest BCUT2D eigenvalue weighted by Crippen LogP contribution is 2.18. The molecule has 1 aliphatic carbocycles. The predicted octanol–water partition coefficient (Wildman–Crippen LogP) is 2.05. The Morgan fingerprint density at radius 2 is 1.90 bits per heavy atom. The number of nitrogens with one attached hydrogen (secondary N) is 1. The van der Waals surface area contributed by atoms with Crippen LogP contribution in [0.2, 0.25) is 0 Å². The monoisotopic (exact) mass is 277 g/mol. The Labute approximate surface area is 120 Å². The van der Waals surface area contributed by atoms with E-state index in [0.29, 0.717) is 6.42 Å². The van der Waals surface area contributed by atoms with Crippen molar-refractivity contribution in [3.63, 3.8) is 0 Å². The second-order valence-electron chi connectivity index (χ2n) is 5.42. The maximum absolute atomic E-state index is 11.9. The molecule has 1 aliphatic rings. The van der Waals surface area contributed by atoms with Gasteiger partial charge in [-0.15, -0.1) is 0 Å². The molecule has 2 rings (SSSR count). The highest BCUT2D eigenvalue weighted by molar-refractivity contribution is 5.76. The average Bonchev–Trinajstić information content (AvgIpc) is 2.48. The lowest BCUT2D eigenvalue weighted by Crippen LogP contribution is -2.38. The summed E-state index contributed by atoms with van der Waals surface area (Å²) in [5.41, 5.74) is 1.14. The van der Waals surface area contributed by atoms with E-state index >= 15 is 0 Å². The number of benzene rings is 1. The third-order valence-corrected chi connectivity index (χ3v) is 3.86. The van der Waals surface area contributed by atoms with Crippen LogP contribution in [0.4, 0.5) is 0 Å². The molecule has 1 amide bonds. The number of methoxy groups -OCH3 is 1. The van der Waals surface area contributed by atoms with Crippen LogP contribution >= 0.6 is 0 Å². The smallest absolute Gasteiger partial charge is 0.220 e. The zero-order valence-electron chi connectivity index (χ0n) is 12.0. The summed E-state index contributed by atoms with van der Waals surface area (Å²) in [4.78, 5) is 11.9. The minimum atomic E-state index is -0.178. The van der Waals surface area contributed by atoms with Crippen molar-refractivity contribution >= 4 is 5.91 Å². The van der Waals surface area contributed by atoms with E-state index in [9.17, 15) is 9.90 Å². The van der Waals surface area contributed by atoms with Gasteiger partial charge in [0.25, 0.3) is 0 Å². The number of carbonyl (C=O) groups is 1. The van der Waals surface area contributed by atoms with E-state index in [0.717, 1.165) is 43.4 Å². The molecule has 0 radical (unpaired) electrons. The molecule has 1 aromatic rings. The van der Waals surface area contributed by atoms with Crippen LogP contribution < -0.4 is 10.1 Å². The summed E-state index contributed by atoms with van der Waals surface area (Å²) < 4.78 is 5.10. The van der Waals surface area contributed by atoms with Crippen molar-refractivity contribution < 1.29 is 14.6 Å². The van der Waals surface area contributed by atoms with Crippen LogP contribution in [0.25, 0.3) is 0 Å². The molecule has 20 heavy (non-hydrogen) atoms. The van der Waals surface area contributed by atoms with Gasteiger partial charge in [-0.25, -0.2) is 0 Å². The molecular formula is C16H23NO3. The maximum atomic E-state index is 11.9. The number of rotatable bonds is 5. The Morgan fingerprint density at radius 1 is 1.25 bits per heavy atom. The standard InChI is InChI=1S/C16H23NO3/c1-20-15-9-2-12(3-10-15)4-11-16(19)17-13-5-7-14(18)8-6-13/h2-3,9-10,13-14,18H,4-8,11H2,1H3,(H,17,19). The number of carbonyl (C=O) groups excluding carboxylic acids is 1. The van der Waals surface area contributed by atoms with E-state index in [1.165, 1.54) is 0 Å². The van der Waals surface area contributed by atoms with Crippen LogP contribution in [0.5, 0.6) is 5.75 Å². The van der Waals surface area contributed by atoms with E-state index < -0.39 is 0 Å². The molecule has 0 bridgehead atoms. The Balaban J connectivity index is 1.71. The molecule has 0 unspecified atom stereocenters. The predicted molar refractivity (Wildman–Crippen MR) is 77.7 cm³/mol. The number of hydrogen-bond donors (Lipinski definition) is 2. The lowest BCUT2D eigenvalue weighted by molar-refractivity contribution is -0.122. The lowest BCUT2D eigenvalue weighted by Gasteiger charge is -2.26. The first kappa shape index (κ1) is 14.9. The third-order valence-electron chi connectivity index (χ3n) is 3.86. The van der Waals surface area contributed by atoms with E-state index in [2.05, 4.69) is 5.32 Å². The summed E-state index contributed by atoms with van der Waals surface area (Å²) in [6.07, 6.45) is 4.43. The third kappa shape index (κ3) is 4.53. The molecule has 4 nitrogen and oxygen atoms in total. The molecule has 1 fully saturated rings. The van der Waals surface area contributed by atoms with E-state index in [1.54, 1.807) is 7.11 Å². The number of aliphatic hydroxyl groups excluding tert-OH is 1. The van der Waals surface area contributed by atoms with Crippen LogP contribution in [-0.4, -0.2) is 30.3 Å². The quantitative estimate of drug-likeness (QED) is 0.866. The summed E-state index contributed by atoms with van der Waals surface area (Å²) in [7, 11) is 1.64. The zero-order chi connectivity index (χ0) is 14.4. The molecule has 1 aromatic carbocycles. The summed E-state index contributed by atoms with van der Waals surface area (Å²) in [5.74, 6) is 0.932. The molecule has 0 aromatic heterocycles. The van der Waals surface area contributed by atoms with Crippen LogP contribution in [0.1, 0.15) is 37.7 Å². The van der Waals surface area contributed by atoms with Crippen molar-refractivity contribution in [2.75, 3.05) is 7.11 Å². The molecule has 4 heteroatoms. The zero-order valence-corrected chi connectivity index (χ0v) is 12.0. The van der Waals surface area contributed by atoms with E-state index in [-0.39, 0.29) is 18.1 Å². The maximum Gasteiger partial charge on any atom is 0.220 e. The fraction of sp³-hybridized carbons (Fsp3) is 0.562. The van der Waals surface area contributed by atoms with Crippen molar-refractivity contribution in [2.45, 2.75) is 50.7 Å². The molecular weight excluding hydrogens is 254 g/mol. The number of aryl methyl sites for hydroxylation is 1. The van der Waals surface area contributed by atoms with Crippen LogP contribution in [0.3, 0.4) is 0 Å². The van der Waals surface area contributed by atoms with Gasteiger partial charge in [0.1, 0.15) is 5.75 Å². The minimum absolute atomic E-state index is 0.0993. The van der Waals surface area contributed by atoms with Gasteiger partial charge in [0.15, 0.2) is 0 Å². The Morgan fingerprint density at radius 3 is 2.50 bits per heavy atom. The number of ether oxygens (including phenoxy) is 1. The molecule has 0 aliphatic heterocycles. The first-order valence-electron chi connectivity index (χ1n) is 7.27. The molecule has 0 saturated heterocycles. The summed E-state index contributed by atoms with van der Waals surface area (Å²) in [5, 5.41) is 12.5. The van der Waals surface area contributed by atoms with Crippen LogP contribution in [0, 0.1) is 0 Å². The van der Waals surface area contributed by atoms with Gasteiger partial charge in [-0.2, -0.15) is 0 Å². The van der Waals surface area contributed by atoms with Gasteiger partial charge in [0.2, 0.25) is 5.91 Å². The molecule has 0 heterocycles. The van der Waals surface area contributed by atoms with Crippen LogP contribution in [-0.2, 0) is 11.2 Å². The number of hydrogen-bond acceptors (Lipinski definition) is 3. The van der Waals surface area contributed by atoms with Crippen molar-refractivity contribution in [3.05, 3.63) is 29.8 Å². The van der Waals surface area contributed by atoms with Gasteiger partial charge < -0.3 is 15.2 Å². The first-order valence-corrected chi connectivity index (χ1v) is 7.27. The topological polar surface area (TPSA) is 58.6 Å². The summed E-state index contributed by atoms with van der Waals surface area (Å²) >= 11 is 0. The van der Waals surface area contributed by atoms with E-state index in [1.807, 2.05) is 24.3 Å². The van der Waals surface area contributed by atoms with Crippen molar-refractivity contribution in [1.29, 1.82) is 0 Å². The highest BCUT2D eigenvalue weighted by Gasteiger charge is 2.20. The lowest BCUT2D eigenvalue weighted by atomic mass is 9.93. The van der Waals surface area contributed by atoms with Crippen molar-refractivity contribution in [3.8, 4) is 5.75 Å². The van der Waals surface area contributed by atoms with Gasteiger partial charge >= 0.3 is 0 Å². The first-order chi connectivity index (χ1) is 9.67. The summed E-state index contributed by atoms with van der Waals surface area (Å²) in [6, 6.07) is 8.04. The number of aliphatic hydroxyl groups is 1. The number of amides is 1. The normalized spacial score (nSPS) is 22.3. The Hall–Kier alpha value is -1.55. The van der Waals surface area contributed by atoms with Gasteiger partial charge in [0.05, 0.1) is 13.2 Å². The molecule has 2 N–H and O–H groups in total. The second kappa shape index (κ2) is 7.29. The largest absolute Gasteiger partial charge is 0.497 e. The molecule has 110 valence electrons. The van der Waals surface area contributed by atoms with Gasteiger partial charge in [-0.3, -0.25) is 4.79 Å². The second-order valence-corrected chi connectivity index (χ2v) is 5.42. The van der Waals surface area contributed by atoms with Crippen LogP contribution in [0.15, 0.2) is 24.3 Å². The average molecular weight is 277 g/mol. The van der Waals surface area contributed by atoms with Gasteiger partial charge in [0, 0.05) is 12.5 Å². The highest BCUT2D eigenvalue weighted by atomic mass is 16.5. The van der Waals surface area contributed by atoms with Crippen molar-refractivity contribution in [1.82, 2.24) is 5.32 Å². The van der Waals surface area contributed by atoms with Crippen molar-refractivity contribution in [2.24, 2.45) is 0 Å². The van der Waals surface area contributed by atoms with Gasteiger partial charge in [-0.05, 0) is 49.8 Å². The van der Waals surface area contributed by atoms with E-state index in [4.69, 9.17) is 4.74 Å². The van der Waals surface area contributed by atoms with Gasteiger partial charge in [-0.1, -0.05) is 12.1 Å². The fourth-order valence-corrected chi connectivity index (χ4v) is 2.57.